The van der Waals surface area contributed by atoms with E-state index in [4.69, 9.17) is 0 Å². The van der Waals surface area contributed by atoms with Crippen LogP contribution in [0.2, 0.25) is 0 Å². The van der Waals surface area contributed by atoms with Crippen LogP contribution in [-0.2, 0) is 13.0 Å². The van der Waals surface area contributed by atoms with Crippen LogP contribution in [0.4, 0.5) is 5.69 Å². The van der Waals surface area contributed by atoms with Crippen LogP contribution in [0.5, 0.6) is 0 Å². The van der Waals surface area contributed by atoms with Gasteiger partial charge in [-0.15, -0.1) is 5.10 Å². The molecule has 1 aromatic heterocycles. The van der Waals surface area contributed by atoms with E-state index in [0.29, 0.717) is 12.4 Å². The number of anilines is 1. The van der Waals surface area contributed by atoms with Crippen LogP contribution in [0.3, 0.4) is 0 Å². The van der Waals surface area contributed by atoms with E-state index in [2.05, 4.69) is 28.6 Å². The number of hydrogen-bond acceptors (Lipinski definition) is 5. The van der Waals surface area contributed by atoms with Gasteiger partial charge >= 0.3 is 0 Å². The van der Waals surface area contributed by atoms with Crippen LogP contribution < -0.4 is 4.90 Å². The molecule has 3 aromatic rings. The highest BCUT2D eigenvalue weighted by atomic mass is 15.5. The molecule has 0 fully saturated rings. The molecule has 0 aliphatic carbocycles. The van der Waals surface area contributed by atoms with Gasteiger partial charge in [-0.05, 0) is 46.7 Å². The van der Waals surface area contributed by atoms with Gasteiger partial charge in [0.05, 0.1) is 17.9 Å². The van der Waals surface area contributed by atoms with Crippen molar-refractivity contribution in [2.45, 2.75) is 19.9 Å². The molecule has 0 aliphatic heterocycles. The Balaban J connectivity index is 1.89. The van der Waals surface area contributed by atoms with Crippen molar-refractivity contribution in [3.8, 4) is 11.9 Å². The number of aryl methyl sites for hydroxylation is 1. The number of benzene rings is 2. The lowest BCUT2D eigenvalue weighted by Crippen LogP contribution is -2.19. The molecular weight excluding hydrogens is 288 g/mol. The summed E-state index contributed by atoms with van der Waals surface area (Å²) in [7, 11) is 0. The summed E-state index contributed by atoms with van der Waals surface area (Å²) in [6.45, 7) is 2.40. The molecule has 6 nitrogen and oxygen atoms in total. The molecule has 23 heavy (non-hydrogen) atoms. The molecule has 0 saturated carbocycles. The predicted octanol–water partition coefficient (Wildman–Crippen LogP) is 2.71. The number of para-hydroxylation sites is 1. The van der Waals surface area contributed by atoms with Gasteiger partial charge in [0.2, 0.25) is 0 Å². The molecule has 0 radical (unpaired) electrons. The van der Waals surface area contributed by atoms with Crippen LogP contribution in [-0.4, -0.2) is 20.2 Å². The molecule has 0 atom stereocenters. The van der Waals surface area contributed by atoms with Crippen molar-refractivity contribution in [3.63, 3.8) is 0 Å². The van der Waals surface area contributed by atoms with Gasteiger partial charge in [0.15, 0.2) is 12.0 Å². The Morgan fingerprint density at radius 2 is 1.96 bits per heavy atom. The summed E-state index contributed by atoms with van der Waals surface area (Å²) in [5.41, 5.74) is 2.90. The summed E-state index contributed by atoms with van der Waals surface area (Å²) in [6, 6.07) is 17.6. The van der Waals surface area contributed by atoms with Crippen LogP contribution in [0.1, 0.15) is 18.3 Å². The van der Waals surface area contributed by atoms with Crippen LogP contribution in [0, 0.1) is 11.5 Å². The van der Waals surface area contributed by atoms with Gasteiger partial charge in [-0.1, -0.05) is 37.3 Å². The Hall–Kier alpha value is -3.20. The van der Waals surface area contributed by atoms with Gasteiger partial charge in [0.1, 0.15) is 0 Å². The third kappa shape index (κ3) is 3.19. The average molecular weight is 304 g/mol. The Bertz CT molecular complexity index is 818. The highest BCUT2D eigenvalue weighted by Gasteiger charge is 2.14. The maximum absolute atomic E-state index is 9.50. The molecule has 0 aliphatic rings. The van der Waals surface area contributed by atoms with E-state index in [9.17, 15) is 5.26 Å². The summed E-state index contributed by atoms with van der Waals surface area (Å²) < 4.78 is 1.65. The van der Waals surface area contributed by atoms with Crippen molar-refractivity contribution in [1.29, 1.82) is 5.26 Å². The van der Waals surface area contributed by atoms with Crippen molar-refractivity contribution in [2.24, 2.45) is 0 Å². The van der Waals surface area contributed by atoms with Crippen molar-refractivity contribution in [2.75, 3.05) is 4.90 Å². The van der Waals surface area contributed by atoms with Crippen LogP contribution in [0.15, 0.2) is 54.6 Å². The molecule has 6 heteroatoms. The van der Waals surface area contributed by atoms with Crippen molar-refractivity contribution in [3.05, 3.63) is 66.0 Å². The maximum Gasteiger partial charge on any atom is 0.184 e. The minimum Gasteiger partial charge on any atom is -0.272 e. The van der Waals surface area contributed by atoms with E-state index in [1.165, 1.54) is 5.56 Å². The van der Waals surface area contributed by atoms with Gasteiger partial charge in [0, 0.05) is 0 Å². The van der Waals surface area contributed by atoms with E-state index in [1.54, 1.807) is 9.58 Å². The third-order valence-corrected chi connectivity index (χ3v) is 3.59. The molecule has 0 unspecified atom stereocenters. The molecule has 2 aromatic carbocycles. The second-order valence-electron chi connectivity index (χ2n) is 5.05. The van der Waals surface area contributed by atoms with E-state index in [-0.39, 0.29) is 0 Å². The second-order valence-corrected chi connectivity index (χ2v) is 5.05. The first kappa shape index (κ1) is 14.7. The van der Waals surface area contributed by atoms with Crippen molar-refractivity contribution < 1.29 is 0 Å². The number of aromatic nitrogens is 4. The number of tetrazole rings is 1. The van der Waals surface area contributed by atoms with E-state index in [0.717, 1.165) is 17.8 Å². The molecule has 0 amide bonds. The minimum absolute atomic E-state index is 0.311. The Kier molecular flexibility index (Phi) is 4.29. The zero-order valence-electron chi connectivity index (χ0n) is 12.8. The lowest BCUT2D eigenvalue weighted by atomic mass is 10.1. The van der Waals surface area contributed by atoms with Crippen LogP contribution in [0.25, 0.3) is 5.69 Å². The fourth-order valence-electron chi connectivity index (χ4n) is 2.34. The first-order valence-electron chi connectivity index (χ1n) is 7.40. The maximum atomic E-state index is 9.50. The van der Waals surface area contributed by atoms with Gasteiger partial charge in [-0.3, -0.25) is 4.90 Å². The second kappa shape index (κ2) is 6.71. The Morgan fingerprint density at radius 3 is 2.70 bits per heavy atom. The van der Waals surface area contributed by atoms with Gasteiger partial charge in [-0.2, -0.15) is 9.94 Å². The van der Waals surface area contributed by atoms with Gasteiger partial charge in [0.25, 0.3) is 0 Å². The smallest absolute Gasteiger partial charge is 0.184 e. The van der Waals surface area contributed by atoms with Crippen LogP contribution >= 0.6 is 0 Å². The zero-order valence-corrected chi connectivity index (χ0v) is 12.8. The van der Waals surface area contributed by atoms with Crippen molar-refractivity contribution >= 4 is 5.69 Å². The topological polar surface area (TPSA) is 70.6 Å². The first-order valence-corrected chi connectivity index (χ1v) is 7.40. The van der Waals surface area contributed by atoms with E-state index >= 15 is 0 Å². The predicted molar refractivity (Wildman–Crippen MR) is 86.8 cm³/mol. The molecule has 3 rings (SSSR count). The molecule has 0 bridgehead atoms. The Labute approximate surface area is 134 Å². The third-order valence-electron chi connectivity index (χ3n) is 3.59. The average Bonchev–Trinajstić information content (AvgIpc) is 3.08. The SMILES string of the molecule is CCc1cccc(N(C#N)Cc2nnnn2-c2ccccc2)c1. The number of nitrogens with zero attached hydrogens (tertiary/aromatic N) is 6. The lowest BCUT2D eigenvalue weighted by Gasteiger charge is -2.16. The lowest BCUT2D eigenvalue weighted by molar-refractivity contribution is 0.755. The normalized spacial score (nSPS) is 10.3. The van der Waals surface area contributed by atoms with Gasteiger partial charge in [-0.25, -0.2) is 0 Å². The number of hydrogen-bond donors (Lipinski definition) is 0. The summed E-state index contributed by atoms with van der Waals surface area (Å²) in [6.07, 6.45) is 3.14. The fraction of sp³-hybridized carbons (Fsp3) is 0.176. The summed E-state index contributed by atoms with van der Waals surface area (Å²) >= 11 is 0. The van der Waals surface area contributed by atoms with Crippen molar-refractivity contribution in [1.82, 2.24) is 20.2 Å². The first-order chi connectivity index (χ1) is 11.3. The van der Waals surface area contributed by atoms with E-state index < -0.39 is 0 Å². The molecule has 0 N–H and O–H groups in total. The number of nitriles is 1. The monoisotopic (exact) mass is 304 g/mol. The summed E-state index contributed by atoms with van der Waals surface area (Å²) in [5.74, 6) is 0.611. The van der Waals surface area contributed by atoms with Gasteiger partial charge < -0.3 is 0 Å². The summed E-state index contributed by atoms with van der Waals surface area (Å²) in [5, 5.41) is 21.3. The molecule has 1 heterocycles. The molecule has 0 saturated heterocycles. The fourth-order valence-corrected chi connectivity index (χ4v) is 2.34. The quantitative estimate of drug-likeness (QED) is 0.535. The standard InChI is InChI=1S/C17H16N6/c1-2-14-7-6-10-16(11-14)22(13-18)12-17-19-20-21-23(17)15-8-4-3-5-9-15/h3-11H,2,12H2,1H3. The zero-order chi connectivity index (χ0) is 16.1. The molecular formula is C17H16N6. The summed E-state index contributed by atoms with van der Waals surface area (Å²) in [4.78, 5) is 1.59. The minimum atomic E-state index is 0.311. The highest BCUT2D eigenvalue weighted by molar-refractivity contribution is 5.52. The van der Waals surface area contributed by atoms with E-state index in [1.807, 2.05) is 54.6 Å². The largest absolute Gasteiger partial charge is 0.272 e. The number of rotatable bonds is 5. The Morgan fingerprint density at radius 1 is 1.13 bits per heavy atom. The highest BCUT2D eigenvalue weighted by Crippen LogP contribution is 2.18. The molecule has 114 valence electrons. The molecule has 0 spiro atoms.